The Morgan fingerprint density at radius 2 is 1.84 bits per heavy atom. The predicted molar refractivity (Wildman–Crippen MR) is 120 cm³/mol. The second-order valence-electron chi connectivity index (χ2n) is 7.82. The van der Waals surface area contributed by atoms with Crippen molar-refractivity contribution in [2.45, 2.75) is 32.2 Å². The van der Waals surface area contributed by atoms with E-state index in [-0.39, 0.29) is 17.5 Å². The van der Waals surface area contributed by atoms with Crippen LogP contribution in [-0.2, 0) is 6.54 Å². The number of methoxy groups -OCH3 is 1. The second kappa shape index (κ2) is 9.72. The average Bonchev–Trinajstić information content (AvgIpc) is 3.20. The molecule has 32 heavy (non-hydrogen) atoms. The number of likely N-dealkylation sites (tertiary alicyclic amines) is 1. The van der Waals surface area contributed by atoms with Gasteiger partial charge < -0.3 is 14.4 Å². The first-order chi connectivity index (χ1) is 15.6. The molecule has 0 saturated carbocycles. The van der Waals surface area contributed by atoms with Gasteiger partial charge in [0.1, 0.15) is 17.3 Å². The van der Waals surface area contributed by atoms with Gasteiger partial charge in [0, 0.05) is 19.0 Å². The molecular formula is C24H28N4O4. The molecule has 1 saturated heterocycles. The van der Waals surface area contributed by atoms with Crippen LogP contribution in [0.5, 0.6) is 11.5 Å². The lowest BCUT2D eigenvalue weighted by atomic mass is 9.95. The zero-order valence-corrected chi connectivity index (χ0v) is 18.4. The van der Waals surface area contributed by atoms with Crippen LogP contribution in [0.15, 0.2) is 53.3 Å². The van der Waals surface area contributed by atoms with Gasteiger partial charge in [0.25, 0.3) is 5.91 Å². The molecule has 0 radical (unpaired) electrons. The molecule has 168 valence electrons. The standard InChI is InChI=1S/C24H28N4O4/c1-3-32-21-7-5-4-6-20(21)23(29)27-14-12-18(13-15-27)22-25-26-24(30)28(22)16-17-8-10-19(31-2)11-9-17/h4-11,18H,3,12-16H2,1-2H3,(H,26,30). The quantitative estimate of drug-likeness (QED) is 0.615. The number of piperidine rings is 1. The van der Waals surface area contributed by atoms with Crippen LogP contribution < -0.4 is 15.2 Å². The highest BCUT2D eigenvalue weighted by Crippen LogP contribution is 2.29. The Hall–Kier alpha value is -3.55. The predicted octanol–water partition coefficient (Wildman–Crippen LogP) is 3.05. The van der Waals surface area contributed by atoms with E-state index in [2.05, 4.69) is 10.2 Å². The summed E-state index contributed by atoms with van der Waals surface area (Å²) in [6.07, 6.45) is 1.49. The molecule has 8 nitrogen and oxygen atoms in total. The summed E-state index contributed by atoms with van der Waals surface area (Å²) in [5.41, 5.74) is 1.36. The van der Waals surface area contributed by atoms with Crippen molar-refractivity contribution < 1.29 is 14.3 Å². The molecule has 0 aliphatic carbocycles. The van der Waals surface area contributed by atoms with Gasteiger partial charge in [-0.15, -0.1) is 0 Å². The Kier molecular flexibility index (Phi) is 6.58. The molecule has 1 fully saturated rings. The molecule has 2 heterocycles. The number of para-hydroxylation sites is 1. The van der Waals surface area contributed by atoms with Gasteiger partial charge in [-0.1, -0.05) is 24.3 Å². The molecular weight excluding hydrogens is 408 g/mol. The van der Waals surface area contributed by atoms with Crippen molar-refractivity contribution in [1.29, 1.82) is 0 Å². The molecule has 4 rings (SSSR count). The van der Waals surface area contributed by atoms with Crippen molar-refractivity contribution in [2.24, 2.45) is 0 Å². The largest absolute Gasteiger partial charge is 0.497 e. The van der Waals surface area contributed by atoms with E-state index < -0.39 is 0 Å². The van der Waals surface area contributed by atoms with Crippen LogP contribution in [0.25, 0.3) is 0 Å². The second-order valence-corrected chi connectivity index (χ2v) is 7.82. The summed E-state index contributed by atoms with van der Waals surface area (Å²) in [6.45, 7) is 4.07. The van der Waals surface area contributed by atoms with Crippen molar-refractivity contribution in [1.82, 2.24) is 19.7 Å². The van der Waals surface area contributed by atoms with Crippen LogP contribution in [0.3, 0.4) is 0 Å². The number of nitrogens with one attached hydrogen (secondary N) is 1. The lowest BCUT2D eigenvalue weighted by molar-refractivity contribution is 0.0706. The van der Waals surface area contributed by atoms with E-state index in [1.807, 2.05) is 54.3 Å². The van der Waals surface area contributed by atoms with Crippen LogP contribution in [-0.4, -0.2) is 52.4 Å². The monoisotopic (exact) mass is 436 g/mol. The van der Waals surface area contributed by atoms with E-state index in [9.17, 15) is 9.59 Å². The number of benzene rings is 2. The Bertz CT molecular complexity index is 1110. The SMILES string of the molecule is CCOc1ccccc1C(=O)N1CCC(c2n[nH]c(=O)n2Cc2ccc(OC)cc2)CC1. The Labute approximate surface area is 186 Å². The van der Waals surface area contributed by atoms with Crippen LogP contribution in [0.1, 0.15) is 47.4 Å². The fourth-order valence-corrected chi connectivity index (χ4v) is 4.14. The molecule has 8 heteroatoms. The number of nitrogens with zero attached hydrogens (tertiary/aromatic N) is 3. The number of hydrogen-bond acceptors (Lipinski definition) is 5. The van der Waals surface area contributed by atoms with Gasteiger partial charge in [0.15, 0.2) is 0 Å². The van der Waals surface area contributed by atoms with Crippen LogP contribution in [0.2, 0.25) is 0 Å². The Morgan fingerprint density at radius 3 is 2.53 bits per heavy atom. The fraction of sp³-hybridized carbons (Fsp3) is 0.375. The maximum Gasteiger partial charge on any atom is 0.343 e. The van der Waals surface area contributed by atoms with Gasteiger partial charge in [0.05, 0.1) is 25.8 Å². The number of rotatable bonds is 7. The summed E-state index contributed by atoms with van der Waals surface area (Å²) in [6, 6.07) is 15.0. The summed E-state index contributed by atoms with van der Waals surface area (Å²) in [5, 5.41) is 6.91. The number of aromatic nitrogens is 3. The summed E-state index contributed by atoms with van der Waals surface area (Å²) in [7, 11) is 1.63. The molecule has 2 aromatic carbocycles. The number of ether oxygens (including phenoxy) is 2. The molecule has 0 bridgehead atoms. The molecule has 0 spiro atoms. The first kappa shape index (κ1) is 21.7. The molecule has 0 atom stereocenters. The van der Waals surface area contributed by atoms with Gasteiger partial charge in [-0.05, 0) is 49.6 Å². The van der Waals surface area contributed by atoms with E-state index in [4.69, 9.17) is 9.47 Å². The first-order valence-corrected chi connectivity index (χ1v) is 10.9. The smallest absolute Gasteiger partial charge is 0.343 e. The summed E-state index contributed by atoms with van der Waals surface area (Å²) in [5.74, 6) is 2.22. The van der Waals surface area contributed by atoms with Gasteiger partial charge in [-0.3, -0.25) is 9.36 Å². The number of carbonyl (C=O) groups is 1. The minimum Gasteiger partial charge on any atom is -0.497 e. The third-order valence-corrected chi connectivity index (χ3v) is 5.85. The summed E-state index contributed by atoms with van der Waals surface area (Å²) in [4.78, 5) is 27.3. The minimum atomic E-state index is -0.222. The molecule has 3 aromatic rings. The molecule has 0 unspecified atom stereocenters. The van der Waals surface area contributed by atoms with Crippen LogP contribution >= 0.6 is 0 Å². The maximum absolute atomic E-state index is 13.1. The zero-order valence-electron chi connectivity index (χ0n) is 18.4. The molecule has 1 N–H and O–H groups in total. The van der Waals surface area contributed by atoms with E-state index in [1.54, 1.807) is 17.7 Å². The highest BCUT2D eigenvalue weighted by molar-refractivity contribution is 5.97. The van der Waals surface area contributed by atoms with Crippen molar-refractivity contribution in [3.8, 4) is 11.5 Å². The first-order valence-electron chi connectivity index (χ1n) is 10.9. The van der Waals surface area contributed by atoms with Gasteiger partial charge in [-0.2, -0.15) is 5.10 Å². The summed E-state index contributed by atoms with van der Waals surface area (Å²) < 4.78 is 12.5. The Morgan fingerprint density at radius 1 is 1.12 bits per heavy atom. The van der Waals surface area contributed by atoms with E-state index >= 15 is 0 Å². The van der Waals surface area contributed by atoms with Crippen LogP contribution in [0, 0.1) is 0 Å². The van der Waals surface area contributed by atoms with Crippen molar-refractivity contribution in [2.75, 3.05) is 26.8 Å². The van der Waals surface area contributed by atoms with Gasteiger partial charge >= 0.3 is 5.69 Å². The van der Waals surface area contributed by atoms with Gasteiger partial charge in [0.2, 0.25) is 0 Å². The lowest BCUT2D eigenvalue weighted by Gasteiger charge is -2.32. The molecule has 1 aromatic heterocycles. The highest BCUT2D eigenvalue weighted by Gasteiger charge is 2.29. The maximum atomic E-state index is 13.1. The van der Waals surface area contributed by atoms with E-state index in [0.717, 1.165) is 30.0 Å². The average molecular weight is 437 g/mol. The lowest BCUT2D eigenvalue weighted by Crippen LogP contribution is -2.38. The van der Waals surface area contributed by atoms with E-state index in [1.165, 1.54) is 0 Å². The number of carbonyl (C=O) groups excluding carboxylic acids is 1. The number of H-pyrrole nitrogens is 1. The molecule has 1 aliphatic rings. The zero-order chi connectivity index (χ0) is 22.5. The number of hydrogen-bond donors (Lipinski definition) is 1. The topological polar surface area (TPSA) is 89.5 Å². The highest BCUT2D eigenvalue weighted by atomic mass is 16.5. The third kappa shape index (κ3) is 4.54. The third-order valence-electron chi connectivity index (χ3n) is 5.85. The normalized spacial score (nSPS) is 14.4. The fourth-order valence-electron chi connectivity index (χ4n) is 4.14. The van der Waals surface area contributed by atoms with Gasteiger partial charge in [-0.25, -0.2) is 9.89 Å². The summed E-state index contributed by atoms with van der Waals surface area (Å²) >= 11 is 0. The van der Waals surface area contributed by atoms with Crippen molar-refractivity contribution in [3.63, 3.8) is 0 Å². The molecule has 1 amide bonds. The molecule has 1 aliphatic heterocycles. The van der Waals surface area contributed by atoms with Crippen molar-refractivity contribution >= 4 is 5.91 Å². The Balaban J connectivity index is 1.45. The minimum absolute atomic E-state index is 0.0230. The van der Waals surface area contributed by atoms with E-state index in [0.29, 0.717) is 37.6 Å². The number of amides is 1. The van der Waals surface area contributed by atoms with Crippen LogP contribution in [0.4, 0.5) is 0 Å². The number of aromatic amines is 1. The van der Waals surface area contributed by atoms with Crippen molar-refractivity contribution in [3.05, 3.63) is 76.0 Å².